The molecular formula is C20H14Cl2N6. The first-order valence-corrected chi connectivity index (χ1v) is 9.39. The van der Waals surface area contributed by atoms with Gasteiger partial charge >= 0.3 is 0 Å². The minimum absolute atomic E-state index is 0.507. The number of hydrogen-bond donors (Lipinski definition) is 0. The highest BCUT2D eigenvalue weighted by atomic mass is 35.5. The first-order valence-electron chi connectivity index (χ1n) is 8.63. The molecule has 6 nitrogen and oxygen atoms in total. The lowest BCUT2D eigenvalue weighted by molar-refractivity contribution is 0.885. The highest BCUT2D eigenvalue weighted by Crippen LogP contribution is 2.31. The molecule has 0 N–H and O–H groups in total. The van der Waals surface area contributed by atoms with Crippen molar-refractivity contribution in [2.75, 3.05) is 0 Å². The van der Waals surface area contributed by atoms with E-state index in [1.807, 2.05) is 21.2 Å². The number of benzene rings is 2. The third-order valence-electron chi connectivity index (χ3n) is 4.73. The zero-order chi connectivity index (χ0) is 19.4. The predicted octanol–water partition coefficient (Wildman–Crippen LogP) is 5.05. The average Bonchev–Trinajstić information content (AvgIpc) is 3.26. The van der Waals surface area contributed by atoms with Crippen molar-refractivity contribution >= 4 is 39.9 Å². The van der Waals surface area contributed by atoms with Gasteiger partial charge in [0.25, 0.3) is 0 Å². The number of fused-ring (bicyclic) bond motifs is 3. The Balaban J connectivity index is 1.72. The molecule has 0 aliphatic heterocycles. The highest BCUT2D eigenvalue weighted by Gasteiger charge is 2.17. The van der Waals surface area contributed by atoms with E-state index in [2.05, 4.69) is 46.3 Å². The number of hydrogen-bond acceptors (Lipinski definition) is 4. The summed E-state index contributed by atoms with van der Waals surface area (Å²) in [5.41, 5.74) is 5.44. The second-order valence-corrected chi connectivity index (χ2v) is 7.51. The molecule has 138 valence electrons. The van der Waals surface area contributed by atoms with Gasteiger partial charge in [0.05, 0.1) is 22.3 Å². The normalized spacial score (nSPS) is 11.6. The van der Waals surface area contributed by atoms with Crippen molar-refractivity contribution < 1.29 is 0 Å². The fourth-order valence-electron chi connectivity index (χ4n) is 3.39. The number of rotatable bonds is 2. The molecule has 0 unspecified atom stereocenters. The summed E-state index contributed by atoms with van der Waals surface area (Å²) in [6, 6.07) is 11.5. The zero-order valence-electron chi connectivity index (χ0n) is 15.1. The smallest absolute Gasteiger partial charge is 0.175 e. The minimum Gasteiger partial charge on any atom is -0.264 e. The molecule has 0 fully saturated rings. The van der Waals surface area contributed by atoms with Gasteiger partial charge in [-0.15, -0.1) is 10.2 Å². The van der Waals surface area contributed by atoms with E-state index in [9.17, 15) is 0 Å². The van der Waals surface area contributed by atoms with Crippen LogP contribution in [0.5, 0.6) is 0 Å². The van der Waals surface area contributed by atoms with Crippen molar-refractivity contribution in [2.45, 2.75) is 13.8 Å². The molecule has 2 aromatic carbocycles. The van der Waals surface area contributed by atoms with Crippen LogP contribution in [0.1, 0.15) is 11.1 Å². The molecule has 0 saturated carbocycles. The van der Waals surface area contributed by atoms with Crippen molar-refractivity contribution in [1.29, 1.82) is 0 Å². The maximum atomic E-state index is 6.35. The zero-order valence-corrected chi connectivity index (χ0v) is 16.6. The van der Waals surface area contributed by atoms with Gasteiger partial charge in [-0.05, 0) is 43.7 Å². The SMILES string of the molecule is Cc1ccc(-n2ncc3c2ncn2c(-c4ccc(Cl)cc4Cl)nnc32)c(C)c1. The first-order chi connectivity index (χ1) is 13.5. The lowest BCUT2D eigenvalue weighted by Gasteiger charge is -2.08. The fourth-order valence-corrected chi connectivity index (χ4v) is 3.89. The van der Waals surface area contributed by atoms with Crippen LogP contribution in [0, 0.1) is 13.8 Å². The van der Waals surface area contributed by atoms with Gasteiger partial charge < -0.3 is 0 Å². The Bertz CT molecular complexity index is 1260. The Kier molecular flexibility index (Phi) is 3.86. The Morgan fingerprint density at radius 3 is 2.57 bits per heavy atom. The lowest BCUT2D eigenvalue weighted by Crippen LogP contribution is -2.01. The van der Waals surface area contributed by atoms with Gasteiger partial charge in [0.2, 0.25) is 0 Å². The molecule has 5 aromatic rings. The van der Waals surface area contributed by atoms with Gasteiger partial charge in [-0.2, -0.15) is 5.10 Å². The molecule has 0 saturated heterocycles. The van der Waals surface area contributed by atoms with E-state index in [1.165, 1.54) is 5.56 Å². The fraction of sp³-hybridized carbons (Fsp3) is 0.100. The molecule has 28 heavy (non-hydrogen) atoms. The Morgan fingerprint density at radius 2 is 1.79 bits per heavy atom. The largest absolute Gasteiger partial charge is 0.264 e. The van der Waals surface area contributed by atoms with E-state index in [-0.39, 0.29) is 0 Å². The predicted molar refractivity (Wildman–Crippen MR) is 110 cm³/mol. The molecule has 0 aliphatic rings. The molecule has 3 heterocycles. The van der Waals surface area contributed by atoms with E-state index in [4.69, 9.17) is 23.2 Å². The Labute approximate surface area is 170 Å². The Morgan fingerprint density at radius 1 is 0.929 bits per heavy atom. The number of halogens is 2. The Hall–Kier alpha value is -2.96. The van der Waals surface area contributed by atoms with Crippen molar-refractivity contribution in [1.82, 2.24) is 29.4 Å². The molecule has 0 aliphatic carbocycles. The molecule has 0 amide bonds. The summed E-state index contributed by atoms with van der Waals surface area (Å²) in [7, 11) is 0. The second-order valence-electron chi connectivity index (χ2n) is 6.67. The van der Waals surface area contributed by atoms with Gasteiger partial charge in [0.1, 0.15) is 6.33 Å². The van der Waals surface area contributed by atoms with Crippen LogP contribution < -0.4 is 0 Å². The molecule has 0 atom stereocenters. The molecule has 0 radical (unpaired) electrons. The van der Waals surface area contributed by atoms with Crippen LogP contribution in [0.25, 0.3) is 33.8 Å². The van der Waals surface area contributed by atoms with E-state index in [1.54, 1.807) is 24.7 Å². The van der Waals surface area contributed by atoms with Crippen molar-refractivity contribution in [2.24, 2.45) is 0 Å². The van der Waals surface area contributed by atoms with Crippen LogP contribution in [0.3, 0.4) is 0 Å². The van der Waals surface area contributed by atoms with Crippen LogP contribution in [0.4, 0.5) is 0 Å². The third kappa shape index (κ3) is 2.57. The second kappa shape index (κ2) is 6.29. The van der Waals surface area contributed by atoms with Crippen LogP contribution in [0.15, 0.2) is 48.9 Å². The van der Waals surface area contributed by atoms with Crippen LogP contribution in [0.2, 0.25) is 10.0 Å². The van der Waals surface area contributed by atoms with Crippen LogP contribution in [-0.4, -0.2) is 29.4 Å². The lowest BCUT2D eigenvalue weighted by atomic mass is 10.1. The molecular weight excluding hydrogens is 395 g/mol. The van der Waals surface area contributed by atoms with E-state index in [0.717, 1.165) is 27.8 Å². The molecule has 0 spiro atoms. The van der Waals surface area contributed by atoms with Gasteiger partial charge in [-0.3, -0.25) is 4.40 Å². The summed E-state index contributed by atoms with van der Waals surface area (Å²) in [6.07, 6.45) is 3.46. The summed E-state index contributed by atoms with van der Waals surface area (Å²) in [5, 5.41) is 15.1. The van der Waals surface area contributed by atoms with Gasteiger partial charge in [-0.25, -0.2) is 9.67 Å². The quantitative estimate of drug-likeness (QED) is 0.409. The van der Waals surface area contributed by atoms with E-state index < -0.39 is 0 Å². The topological polar surface area (TPSA) is 60.9 Å². The first kappa shape index (κ1) is 17.2. The molecule has 0 bridgehead atoms. The minimum atomic E-state index is 0.507. The van der Waals surface area contributed by atoms with Crippen LogP contribution in [-0.2, 0) is 0 Å². The van der Waals surface area contributed by atoms with E-state index >= 15 is 0 Å². The van der Waals surface area contributed by atoms with E-state index in [0.29, 0.717) is 21.5 Å². The maximum Gasteiger partial charge on any atom is 0.175 e. The van der Waals surface area contributed by atoms with Crippen molar-refractivity contribution in [3.8, 4) is 17.1 Å². The molecule has 5 rings (SSSR count). The summed E-state index contributed by atoms with van der Waals surface area (Å²) < 4.78 is 3.64. The monoisotopic (exact) mass is 408 g/mol. The standard InChI is InChI=1S/C20H14Cl2N6/c1-11-3-6-17(12(2)7-11)28-18-15(9-24-28)20-26-25-19(27(20)10-23-18)14-5-4-13(21)8-16(14)22/h3-10H,1-2H3. The van der Waals surface area contributed by atoms with Gasteiger partial charge in [-0.1, -0.05) is 40.9 Å². The summed E-state index contributed by atoms with van der Waals surface area (Å²) in [6.45, 7) is 4.13. The molecule has 8 heteroatoms. The maximum absolute atomic E-state index is 6.35. The summed E-state index contributed by atoms with van der Waals surface area (Å²) in [5.74, 6) is 0.602. The molecule has 3 aromatic heterocycles. The average molecular weight is 409 g/mol. The number of nitrogens with zero attached hydrogens (tertiary/aromatic N) is 6. The number of aromatic nitrogens is 6. The summed E-state index contributed by atoms with van der Waals surface area (Å²) >= 11 is 12.4. The highest BCUT2D eigenvalue weighted by molar-refractivity contribution is 6.36. The third-order valence-corrected chi connectivity index (χ3v) is 5.28. The summed E-state index contributed by atoms with van der Waals surface area (Å²) in [4.78, 5) is 4.63. The van der Waals surface area contributed by atoms with Crippen LogP contribution >= 0.6 is 23.2 Å². The number of aryl methyl sites for hydroxylation is 2. The van der Waals surface area contributed by atoms with Gasteiger partial charge in [0, 0.05) is 10.6 Å². The van der Waals surface area contributed by atoms with Crippen molar-refractivity contribution in [3.63, 3.8) is 0 Å². The van der Waals surface area contributed by atoms with Gasteiger partial charge in [0.15, 0.2) is 17.1 Å². The van der Waals surface area contributed by atoms with Crippen molar-refractivity contribution in [3.05, 3.63) is 70.1 Å².